The number of rotatable bonds is 6. The van der Waals surface area contributed by atoms with E-state index in [4.69, 9.17) is 4.74 Å². The predicted molar refractivity (Wildman–Crippen MR) is 82.1 cm³/mol. The van der Waals surface area contributed by atoms with Crippen LogP contribution in [0.2, 0.25) is 0 Å². The highest BCUT2D eigenvalue weighted by atomic mass is 16.5. The molecule has 2 rings (SSSR count). The third-order valence-corrected chi connectivity index (χ3v) is 3.14. The van der Waals surface area contributed by atoms with Crippen LogP contribution in [0.1, 0.15) is 12.0 Å². The highest BCUT2D eigenvalue weighted by Crippen LogP contribution is 2.28. The number of ether oxygens (including phenoxy) is 1. The van der Waals surface area contributed by atoms with Gasteiger partial charge < -0.3 is 19.7 Å². The summed E-state index contributed by atoms with van der Waals surface area (Å²) < 4.78 is 5.21. The van der Waals surface area contributed by atoms with E-state index in [1.165, 1.54) is 0 Å². The lowest BCUT2D eigenvalue weighted by Crippen LogP contribution is -2.13. The van der Waals surface area contributed by atoms with E-state index in [0.717, 1.165) is 36.2 Å². The van der Waals surface area contributed by atoms with E-state index >= 15 is 0 Å². The van der Waals surface area contributed by atoms with Crippen LogP contribution in [-0.2, 0) is 0 Å². The zero-order chi connectivity index (χ0) is 14.5. The number of methoxy groups -OCH3 is 1. The second-order valence-electron chi connectivity index (χ2n) is 4.99. The quantitative estimate of drug-likeness (QED) is 0.628. The van der Waals surface area contributed by atoms with Crippen molar-refractivity contribution in [3.05, 3.63) is 23.8 Å². The molecule has 0 radical (unpaired) electrons. The summed E-state index contributed by atoms with van der Waals surface area (Å²) >= 11 is 0. The molecule has 0 aliphatic rings. The van der Waals surface area contributed by atoms with Crippen molar-refractivity contribution in [2.45, 2.75) is 6.42 Å². The fraction of sp³-hybridized carbons (Fsp3) is 0.400. The second kappa shape index (κ2) is 6.43. The molecule has 1 heterocycles. The minimum Gasteiger partial charge on any atom is -0.497 e. The largest absolute Gasteiger partial charge is 0.497 e. The van der Waals surface area contributed by atoms with Gasteiger partial charge in [0.1, 0.15) is 5.75 Å². The van der Waals surface area contributed by atoms with Gasteiger partial charge in [0.25, 0.3) is 0 Å². The predicted octanol–water partition coefficient (Wildman–Crippen LogP) is 2.25. The third-order valence-electron chi connectivity index (χ3n) is 3.14. The minimum atomic E-state index is 0.143. The zero-order valence-corrected chi connectivity index (χ0v) is 12.2. The number of aromatic hydroxyl groups is 1. The maximum absolute atomic E-state index is 9.95. The number of hydrogen-bond acceptors (Lipinski definition) is 4. The van der Waals surface area contributed by atoms with Crippen molar-refractivity contribution in [1.82, 2.24) is 9.88 Å². The van der Waals surface area contributed by atoms with Gasteiger partial charge in [0.05, 0.1) is 12.7 Å². The molecule has 0 aliphatic heterocycles. The molecule has 0 bridgehead atoms. The number of fused-ring (bicyclic) bond motifs is 1. The molecule has 0 amide bonds. The molecule has 108 valence electrons. The van der Waals surface area contributed by atoms with Crippen molar-refractivity contribution in [3.63, 3.8) is 0 Å². The maximum atomic E-state index is 9.95. The van der Waals surface area contributed by atoms with E-state index in [0.29, 0.717) is 5.56 Å². The lowest BCUT2D eigenvalue weighted by molar-refractivity contribution is 0.403. The molecule has 0 unspecified atom stereocenters. The number of aromatic nitrogens is 1. The van der Waals surface area contributed by atoms with E-state index in [2.05, 4.69) is 14.9 Å². The Hall–Kier alpha value is -2.01. The summed E-state index contributed by atoms with van der Waals surface area (Å²) in [6.07, 6.45) is 2.72. The summed E-state index contributed by atoms with van der Waals surface area (Å²) in [7, 11) is 5.71. The summed E-state index contributed by atoms with van der Waals surface area (Å²) in [5.41, 5.74) is 1.58. The normalized spacial score (nSPS) is 11.8. The highest BCUT2D eigenvalue weighted by Gasteiger charge is 2.09. The second-order valence-corrected chi connectivity index (χ2v) is 4.99. The molecule has 20 heavy (non-hydrogen) atoms. The van der Waals surface area contributed by atoms with Crippen molar-refractivity contribution in [3.8, 4) is 11.6 Å². The van der Waals surface area contributed by atoms with Gasteiger partial charge >= 0.3 is 0 Å². The molecule has 5 heteroatoms. The van der Waals surface area contributed by atoms with Crippen LogP contribution in [0, 0.1) is 0 Å². The minimum absolute atomic E-state index is 0.143. The summed E-state index contributed by atoms with van der Waals surface area (Å²) in [6.45, 7) is 1.75. The van der Waals surface area contributed by atoms with Gasteiger partial charge in [-0.25, -0.2) is 0 Å². The first kappa shape index (κ1) is 14.4. The number of nitrogens with zero attached hydrogens (tertiary/aromatic N) is 2. The van der Waals surface area contributed by atoms with E-state index in [1.807, 2.05) is 32.3 Å². The molecule has 1 aromatic heterocycles. The maximum Gasteiger partial charge on any atom is 0.198 e. The van der Waals surface area contributed by atoms with Gasteiger partial charge in [0, 0.05) is 23.7 Å². The molecule has 0 spiro atoms. The first-order valence-corrected chi connectivity index (χ1v) is 6.65. The fourth-order valence-corrected chi connectivity index (χ4v) is 2.07. The molecule has 0 saturated heterocycles. The number of aromatic amines is 1. The van der Waals surface area contributed by atoms with Gasteiger partial charge in [-0.05, 0) is 45.3 Å². The number of aliphatic imine (C=N–C) groups is 1. The smallest absolute Gasteiger partial charge is 0.198 e. The number of nitrogens with one attached hydrogen (secondary N) is 1. The van der Waals surface area contributed by atoms with Gasteiger partial charge in [-0.3, -0.25) is 4.99 Å². The molecule has 0 saturated carbocycles. The molecule has 2 aromatic rings. The van der Waals surface area contributed by atoms with Crippen LogP contribution in [0.3, 0.4) is 0 Å². The van der Waals surface area contributed by atoms with Crippen molar-refractivity contribution in [2.75, 3.05) is 34.3 Å². The van der Waals surface area contributed by atoms with Gasteiger partial charge in [0.15, 0.2) is 5.88 Å². The SMILES string of the molecule is COc1ccc2[nH]c(O)c(C=NCCCN(C)C)c2c1. The first-order chi connectivity index (χ1) is 9.61. The number of benzene rings is 1. The molecule has 5 nitrogen and oxygen atoms in total. The van der Waals surface area contributed by atoms with Crippen LogP contribution in [0.5, 0.6) is 11.6 Å². The molecular weight excluding hydrogens is 254 g/mol. The Kier molecular flexibility index (Phi) is 4.63. The zero-order valence-electron chi connectivity index (χ0n) is 12.2. The number of H-pyrrole nitrogens is 1. The van der Waals surface area contributed by atoms with Crippen molar-refractivity contribution in [1.29, 1.82) is 0 Å². The number of hydrogen-bond donors (Lipinski definition) is 2. The topological polar surface area (TPSA) is 60.9 Å². The van der Waals surface area contributed by atoms with Crippen LogP contribution in [-0.4, -0.2) is 55.5 Å². The fourth-order valence-electron chi connectivity index (χ4n) is 2.07. The molecule has 1 aromatic carbocycles. The molecule has 0 atom stereocenters. The van der Waals surface area contributed by atoms with Crippen LogP contribution in [0.25, 0.3) is 10.9 Å². The molecular formula is C15H21N3O2. The van der Waals surface area contributed by atoms with Gasteiger partial charge in [-0.2, -0.15) is 0 Å². The van der Waals surface area contributed by atoms with E-state index < -0.39 is 0 Å². The summed E-state index contributed by atoms with van der Waals surface area (Å²) in [5, 5.41) is 10.9. The van der Waals surface area contributed by atoms with Crippen molar-refractivity contribution < 1.29 is 9.84 Å². The summed E-state index contributed by atoms with van der Waals surface area (Å²) in [5.74, 6) is 0.906. The lowest BCUT2D eigenvalue weighted by Gasteiger charge is -2.06. The Bertz CT molecular complexity index is 602. The third kappa shape index (κ3) is 3.30. The summed E-state index contributed by atoms with van der Waals surface area (Å²) in [6, 6.07) is 5.64. The van der Waals surface area contributed by atoms with E-state index in [-0.39, 0.29) is 5.88 Å². The summed E-state index contributed by atoms with van der Waals surface area (Å²) in [4.78, 5) is 9.45. The van der Waals surface area contributed by atoms with Crippen molar-refractivity contribution in [2.24, 2.45) is 4.99 Å². The Morgan fingerprint density at radius 2 is 2.20 bits per heavy atom. The van der Waals surface area contributed by atoms with Crippen LogP contribution >= 0.6 is 0 Å². The standard InChI is InChI=1S/C15H21N3O2/c1-18(2)8-4-7-16-10-13-12-9-11(20-3)5-6-14(12)17-15(13)19/h5-6,9-10,17,19H,4,7-8H2,1-3H3. The Morgan fingerprint density at radius 3 is 2.90 bits per heavy atom. The monoisotopic (exact) mass is 275 g/mol. The Labute approximate surface area is 118 Å². The molecule has 0 fully saturated rings. The highest BCUT2D eigenvalue weighted by molar-refractivity contribution is 6.02. The average Bonchev–Trinajstić information content (AvgIpc) is 2.73. The van der Waals surface area contributed by atoms with Crippen LogP contribution < -0.4 is 4.74 Å². The van der Waals surface area contributed by atoms with Gasteiger partial charge in [0.2, 0.25) is 0 Å². The molecule has 2 N–H and O–H groups in total. The van der Waals surface area contributed by atoms with Crippen LogP contribution in [0.15, 0.2) is 23.2 Å². The van der Waals surface area contributed by atoms with Crippen molar-refractivity contribution >= 4 is 17.1 Å². The van der Waals surface area contributed by atoms with Gasteiger partial charge in [-0.1, -0.05) is 0 Å². The molecule has 0 aliphatic carbocycles. The van der Waals surface area contributed by atoms with Gasteiger partial charge in [-0.15, -0.1) is 0 Å². The van der Waals surface area contributed by atoms with Crippen LogP contribution in [0.4, 0.5) is 0 Å². The van der Waals surface area contributed by atoms with E-state index in [9.17, 15) is 5.11 Å². The Balaban J connectivity index is 2.16. The first-order valence-electron chi connectivity index (χ1n) is 6.65. The van der Waals surface area contributed by atoms with E-state index in [1.54, 1.807) is 13.3 Å². The average molecular weight is 275 g/mol. The Morgan fingerprint density at radius 1 is 1.40 bits per heavy atom. The lowest BCUT2D eigenvalue weighted by atomic mass is 10.2.